The standard InChI is InChI=1S/C16H13BrN2O3/c17-12-6-2-1-5-11(12)9-18-19-16(20)15-10-21-13-7-3-4-8-14(13)22-15/h1-9,15H,10H2,(H,19,20)/t15-/m0/s1. The molecule has 22 heavy (non-hydrogen) atoms. The van der Waals surface area contributed by atoms with E-state index in [4.69, 9.17) is 9.47 Å². The summed E-state index contributed by atoms with van der Waals surface area (Å²) in [4.78, 5) is 12.0. The average Bonchev–Trinajstić information content (AvgIpc) is 2.56. The van der Waals surface area contributed by atoms with Gasteiger partial charge in [-0.3, -0.25) is 4.79 Å². The fourth-order valence-electron chi connectivity index (χ4n) is 1.97. The molecule has 1 aliphatic rings. The first-order valence-electron chi connectivity index (χ1n) is 6.70. The number of halogens is 1. The van der Waals surface area contributed by atoms with Gasteiger partial charge in [0.15, 0.2) is 11.5 Å². The Morgan fingerprint density at radius 3 is 2.73 bits per heavy atom. The molecule has 0 saturated carbocycles. The Bertz CT molecular complexity index is 718. The van der Waals surface area contributed by atoms with Crippen LogP contribution in [-0.2, 0) is 4.79 Å². The molecular weight excluding hydrogens is 348 g/mol. The van der Waals surface area contributed by atoms with E-state index in [2.05, 4.69) is 26.5 Å². The van der Waals surface area contributed by atoms with Crippen molar-refractivity contribution in [3.05, 3.63) is 58.6 Å². The van der Waals surface area contributed by atoms with E-state index in [1.54, 1.807) is 18.3 Å². The molecule has 0 unspecified atom stereocenters. The summed E-state index contributed by atoms with van der Waals surface area (Å²) in [5, 5.41) is 3.94. The van der Waals surface area contributed by atoms with Crippen molar-refractivity contribution in [2.45, 2.75) is 6.10 Å². The molecular formula is C16H13BrN2O3. The minimum Gasteiger partial charge on any atom is -0.485 e. The summed E-state index contributed by atoms with van der Waals surface area (Å²) in [6, 6.07) is 14.8. The van der Waals surface area contributed by atoms with Gasteiger partial charge in [-0.2, -0.15) is 5.10 Å². The average molecular weight is 361 g/mol. The van der Waals surface area contributed by atoms with E-state index in [-0.39, 0.29) is 12.5 Å². The van der Waals surface area contributed by atoms with Crippen LogP contribution in [0.1, 0.15) is 5.56 Å². The molecule has 0 radical (unpaired) electrons. The maximum atomic E-state index is 12.0. The number of hydrogen-bond donors (Lipinski definition) is 1. The van der Waals surface area contributed by atoms with Gasteiger partial charge in [-0.1, -0.05) is 46.3 Å². The molecule has 0 saturated heterocycles. The van der Waals surface area contributed by atoms with Crippen molar-refractivity contribution < 1.29 is 14.3 Å². The number of hydrazone groups is 1. The van der Waals surface area contributed by atoms with Gasteiger partial charge in [0, 0.05) is 10.0 Å². The Labute approximate surface area is 136 Å². The van der Waals surface area contributed by atoms with Crippen molar-refractivity contribution in [2.24, 2.45) is 5.10 Å². The molecule has 1 aliphatic heterocycles. The highest BCUT2D eigenvalue weighted by Crippen LogP contribution is 2.30. The molecule has 6 heteroatoms. The van der Waals surface area contributed by atoms with E-state index in [1.807, 2.05) is 36.4 Å². The summed E-state index contributed by atoms with van der Waals surface area (Å²) in [6.07, 6.45) is 0.853. The first-order valence-corrected chi connectivity index (χ1v) is 7.49. The van der Waals surface area contributed by atoms with Crippen LogP contribution in [-0.4, -0.2) is 24.8 Å². The second-order valence-electron chi connectivity index (χ2n) is 4.62. The van der Waals surface area contributed by atoms with Crippen LogP contribution in [0.3, 0.4) is 0 Å². The lowest BCUT2D eigenvalue weighted by Gasteiger charge is -2.24. The van der Waals surface area contributed by atoms with Crippen LogP contribution in [0.25, 0.3) is 0 Å². The number of nitrogens with one attached hydrogen (secondary N) is 1. The topological polar surface area (TPSA) is 59.9 Å². The molecule has 0 spiro atoms. The summed E-state index contributed by atoms with van der Waals surface area (Å²) in [7, 11) is 0. The Kier molecular flexibility index (Phi) is 4.39. The van der Waals surface area contributed by atoms with Crippen molar-refractivity contribution >= 4 is 28.1 Å². The molecule has 1 heterocycles. The normalized spacial score (nSPS) is 16.5. The van der Waals surface area contributed by atoms with Crippen molar-refractivity contribution in [3.8, 4) is 11.5 Å². The van der Waals surface area contributed by atoms with E-state index < -0.39 is 6.10 Å². The number of carbonyl (C=O) groups is 1. The van der Waals surface area contributed by atoms with Crippen LogP contribution in [0.2, 0.25) is 0 Å². The zero-order valence-electron chi connectivity index (χ0n) is 11.5. The highest BCUT2D eigenvalue weighted by Gasteiger charge is 2.26. The number of rotatable bonds is 3. The number of ether oxygens (including phenoxy) is 2. The quantitative estimate of drug-likeness (QED) is 0.676. The predicted molar refractivity (Wildman–Crippen MR) is 86.2 cm³/mol. The smallest absolute Gasteiger partial charge is 0.284 e. The first kappa shape index (κ1) is 14.6. The lowest BCUT2D eigenvalue weighted by Crippen LogP contribution is -2.42. The van der Waals surface area contributed by atoms with Gasteiger partial charge in [0.25, 0.3) is 5.91 Å². The van der Waals surface area contributed by atoms with Crippen LogP contribution in [0.5, 0.6) is 11.5 Å². The summed E-state index contributed by atoms with van der Waals surface area (Å²) >= 11 is 3.41. The number of amides is 1. The van der Waals surface area contributed by atoms with Crippen LogP contribution in [0.4, 0.5) is 0 Å². The van der Waals surface area contributed by atoms with E-state index in [9.17, 15) is 4.79 Å². The largest absolute Gasteiger partial charge is 0.485 e. The fourth-order valence-corrected chi connectivity index (χ4v) is 2.35. The molecule has 112 valence electrons. The fraction of sp³-hybridized carbons (Fsp3) is 0.125. The summed E-state index contributed by atoms with van der Waals surface area (Å²) in [5.41, 5.74) is 3.33. The van der Waals surface area contributed by atoms with E-state index in [1.165, 1.54) is 0 Å². The molecule has 1 amide bonds. The van der Waals surface area contributed by atoms with Gasteiger partial charge < -0.3 is 9.47 Å². The van der Waals surface area contributed by atoms with Gasteiger partial charge >= 0.3 is 0 Å². The third-order valence-corrected chi connectivity index (χ3v) is 3.81. The van der Waals surface area contributed by atoms with Crippen LogP contribution < -0.4 is 14.9 Å². The van der Waals surface area contributed by atoms with Crippen molar-refractivity contribution in [2.75, 3.05) is 6.61 Å². The molecule has 1 atom stereocenters. The maximum absolute atomic E-state index is 12.0. The van der Waals surface area contributed by atoms with Gasteiger partial charge in [-0.15, -0.1) is 0 Å². The lowest BCUT2D eigenvalue weighted by atomic mass is 10.2. The Morgan fingerprint density at radius 1 is 1.18 bits per heavy atom. The van der Waals surface area contributed by atoms with Crippen molar-refractivity contribution in [3.63, 3.8) is 0 Å². The summed E-state index contributed by atoms with van der Waals surface area (Å²) in [6.45, 7) is 0.160. The second kappa shape index (κ2) is 6.62. The maximum Gasteiger partial charge on any atom is 0.284 e. The minimum absolute atomic E-state index is 0.160. The lowest BCUT2D eigenvalue weighted by molar-refractivity contribution is -0.130. The van der Waals surface area contributed by atoms with Crippen LogP contribution in [0, 0.1) is 0 Å². The minimum atomic E-state index is -0.716. The molecule has 3 rings (SSSR count). The number of hydrogen-bond acceptors (Lipinski definition) is 4. The molecule has 0 aromatic heterocycles. The van der Waals surface area contributed by atoms with Crippen LogP contribution in [0.15, 0.2) is 58.1 Å². The Morgan fingerprint density at radius 2 is 1.91 bits per heavy atom. The van der Waals surface area contributed by atoms with Gasteiger partial charge in [-0.05, 0) is 18.2 Å². The molecule has 1 N–H and O–H groups in total. The zero-order chi connectivity index (χ0) is 15.4. The number of fused-ring (bicyclic) bond motifs is 1. The number of para-hydroxylation sites is 2. The van der Waals surface area contributed by atoms with E-state index in [0.717, 1.165) is 10.0 Å². The molecule has 2 aromatic carbocycles. The third-order valence-electron chi connectivity index (χ3n) is 3.08. The van der Waals surface area contributed by atoms with Gasteiger partial charge in [0.05, 0.1) is 6.21 Å². The Balaban J connectivity index is 1.60. The zero-order valence-corrected chi connectivity index (χ0v) is 13.1. The van der Waals surface area contributed by atoms with Gasteiger partial charge in [0.1, 0.15) is 6.61 Å². The highest BCUT2D eigenvalue weighted by atomic mass is 79.9. The van der Waals surface area contributed by atoms with Gasteiger partial charge in [-0.25, -0.2) is 5.43 Å². The van der Waals surface area contributed by atoms with Crippen LogP contribution >= 0.6 is 15.9 Å². The summed E-state index contributed by atoms with van der Waals surface area (Å²) in [5.74, 6) is 0.852. The number of benzene rings is 2. The molecule has 5 nitrogen and oxygen atoms in total. The predicted octanol–water partition coefficient (Wildman–Crippen LogP) is 2.74. The van der Waals surface area contributed by atoms with Gasteiger partial charge in [0.2, 0.25) is 6.10 Å². The Hall–Kier alpha value is -2.34. The monoisotopic (exact) mass is 360 g/mol. The third kappa shape index (κ3) is 3.28. The number of carbonyl (C=O) groups excluding carboxylic acids is 1. The molecule has 0 bridgehead atoms. The van der Waals surface area contributed by atoms with Crippen molar-refractivity contribution in [1.82, 2.24) is 5.43 Å². The molecule has 0 aliphatic carbocycles. The molecule has 2 aromatic rings. The summed E-state index contributed by atoms with van der Waals surface area (Å²) < 4.78 is 12.0. The highest BCUT2D eigenvalue weighted by molar-refractivity contribution is 9.10. The number of nitrogens with zero attached hydrogens (tertiary/aromatic N) is 1. The van der Waals surface area contributed by atoms with E-state index >= 15 is 0 Å². The van der Waals surface area contributed by atoms with Crippen molar-refractivity contribution in [1.29, 1.82) is 0 Å². The second-order valence-corrected chi connectivity index (χ2v) is 5.47. The van der Waals surface area contributed by atoms with E-state index in [0.29, 0.717) is 11.5 Å². The molecule has 0 fully saturated rings. The first-order chi connectivity index (χ1) is 10.7. The SMILES string of the molecule is O=C(NN=Cc1ccccc1Br)[C@@H]1COc2ccccc2O1.